The summed E-state index contributed by atoms with van der Waals surface area (Å²) in [5.41, 5.74) is 0. The molecule has 0 fully saturated rings. The molecule has 1 N–H and O–H groups in total. The Morgan fingerprint density at radius 2 is 1.62 bits per heavy atom. The first-order valence-electron chi connectivity index (χ1n) is 3.46. The molecule has 1 aromatic carbocycles. The fourth-order valence-corrected chi connectivity index (χ4v) is 4.79. The Balaban J connectivity index is 2.33. The van der Waals surface area contributed by atoms with Crippen LogP contribution in [0.4, 0.5) is 0 Å². The third-order valence-corrected chi connectivity index (χ3v) is 6.37. The molecule has 0 aliphatic carbocycles. The van der Waals surface area contributed by atoms with Gasteiger partial charge < -0.3 is 0 Å². The lowest BCUT2D eigenvalue weighted by molar-refractivity contribution is 0.487. The Kier molecular flexibility index (Phi) is 2.31. The lowest BCUT2D eigenvalue weighted by Crippen LogP contribution is -2.09. The smallest absolute Gasteiger partial charge is 0.284 e. The van der Waals surface area contributed by atoms with E-state index >= 15 is 0 Å². The van der Waals surface area contributed by atoms with E-state index in [1.807, 2.05) is 24.3 Å². The average molecular weight is 234 g/mol. The second kappa shape index (κ2) is 3.20. The molecule has 0 aromatic heterocycles. The van der Waals surface area contributed by atoms with Crippen molar-refractivity contribution in [2.45, 2.75) is 13.7 Å². The van der Waals surface area contributed by atoms with E-state index in [2.05, 4.69) is 0 Å². The summed E-state index contributed by atoms with van der Waals surface area (Å²) in [6.07, 6.45) is 0. The number of thioether (sulfide) groups is 2. The largest absolute Gasteiger partial charge is 0.287 e. The molecule has 1 aliphatic rings. The minimum atomic E-state index is -3.94. The van der Waals surface area contributed by atoms with Gasteiger partial charge in [0.1, 0.15) is 0 Å². The summed E-state index contributed by atoms with van der Waals surface area (Å²) >= 11 is 2.34. The van der Waals surface area contributed by atoms with Gasteiger partial charge in [0.15, 0.2) is 3.91 Å². The Labute approximate surface area is 84.7 Å². The predicted molar refractivity (Wildman–Crippen MR) is 53.5 cm³/mol. The molecule has 0 atom stereocenters. The quantitative estimate of drug-likeness (QED) is 0.754. The van der Waals surface area contributed by atoms with Gasteiger partial charge in [0.05, 0.1) is 0 Å². The van der Waals surface area contributed by atoms with Crippen molar-refractivity contribution >= 4 is 33.6 Å². The maximum absolute atomic E-state index is 10.8. The van der Waals surface area contributed by atoms with Crippen molar-refractivity contribution in [2.24, 2.45) is 0 Å². The van der Waals surface area contributed by atoms with Gasteiger partial charge in [-0.15, -0.1) is 0 Å². The van der Waals surface area contributed by atoms with E-state index in [4.69, 9.17) is 4.55 Å². The van der Waals surface area contributed by atoms with Crippen molar-refractivity contribution in [1.82, 2.24) is 0 Å². The first-order chi connectivity index (χ1) is 6.07. The molecule has 0 saturated heterocycles. The van der Waals surface area contributed by atoms with Crippen LogP contribution in [0.1, 0.15) is 0 Å². The van der Waals surface area contributed by atoms with Crippen LogP contribution in [0.5, 0.6) is 0 Å². The molecule has 0 spiro atoms. The molecule has 0 saturated carbocycles. The first-order valence-corrected chi connectivity index (χ1v) is 6.72. The monoisotopic (exact) mass is 234 g/mol. The highest BCUT2D eigenvalue weighted by Gasteiger charge is 2.32. The highest BCUT2D eigenvalue weighted by Crippen LogP contribution is 2.49. The van der Waals surface area contributed by atoms with Crippen LogP contribution < -0.4 is 0 Å². The molecule has 6 heteroatoms. The van der Waals surface area contributed by atoms with Gasteiger partial charge in [-0.25, -0.2) is 0 Å². The molecular formula is C7H6O3S3. The first kappa shape index (κ1) is 9.39. The minimum absolute atomic E-state index is 0.801. The van der Waals surface area contributed by atoms with Crippen LogP contribution in [-0.4, -0.2) is 16.9 Å². The maximum Gasteiger partial charge on any atom is 0.287 e. The average Bonchev–Trinajstić information content (AvgIpc) is 2.45. The van der Waals surface area contributed by atoms with Gasteiger partial charge in [-0.1, -0.05) is 35.7 Å². The summed E-state index contributed by atoms with van der Waals surface area (Å²) in [5, 5.41) is 0. The molecule has 2 rings (SSSR count). The van der Waals surface area contributed by atoms with E-state index in [0.717, 1.165) is 9.79 Å². The van der Waals surface area contributed by atoms with Crippen molar-refractivity contribution in [3.8, 4) is 0 Å². The maximum atomic E-state index is 10.8. The van der Waals surface area contributed by atoms with Crippen LogP contribution in [0, 0.1) is 0 Å². The molecule has 0 radical (unpaired) electrons. The van der Waals surface area contributed by atoms with Gasteiger partial charge in [-0.2, -0.15) is 8.42 Å². The molecule has 1 aromatic rings. The normalized spacial score (nSPS) is 17.3. The summed E-state index contributed by atoms with van der Waals surface area (Å²) in [4.78, 5) is 1.82. The molecule has 70 valence electrons. The topological polar surface area (TPSA) is 54.4 Å². The highest BCUT2D eigenvalue weighted by atomic mass is 32.3. The summed E-state index contributed by atoms with van der Waals surface area (Å²) in [5.74, 6) is 0. The number of hydrogen-bond donors (Lipinski definition) is 1. The van der Waals surface area contributed by atoms with Gasteiger partial charge in [0.25, 0.3) is 10.1 Å². The van der Waals surface area contributed by atoms with Gasteiger partial charge in [-0.3, -0.25) is 4.55 Å². The van der Waals surface area contributed by atoms with Crippen LogP contribution >= 0.6 is 23.5 Å². The van der Waals surface area contributed by atoms with E-state index < -0.39 is 14.0 Å². The van der Waals surface area contributed by atoms with Gasteiger partial charge >= 0.3 is 0 Å². The zero-order valence-corrected chi connectivity index (χ0v) is 8.82. The molecule has 0 bridgehead atoms. The van der Waals surface area contributed by atoms with Gasteiger partial charge in [-0.05, 0) is 12.1 Å². The SMILES string of the molecule is O=S(=O)(O)C1Sc2ccccc2S1. The number of fused-ring (bicyclic) bond motifs is 1. The lowest BCUT2D eigenvalue weighted by Gasteiger charge is -2.00. The molecular weight excluding hydrogens is 228 g/mol. The van der Waals surface area contributed by atoms with E-state index in [9.17, 15) is 8.42 Å². The fraction of sp³-hybridized carbons (Fsp3) is 0.143. The van der Waals surface area contributed by atoms with Crippen molar-refractivity contribution < 1.29 is 13.0 Å². The highest BCUT2D eigenvalue weighted by molar-refractivity contribution is 8.30. The number of hydrogen-bond acceptors (Lipinski definition) is 4. The van der Waals surface area contributed by atoms with Gasteiger partial charge in [0.2, 0.25) is 0 Å². The van der Waals surface area contributed by atoms with Crippen LogP contribution in [0.3, 0.4) is 0 Å². The fourth-order valence-electron chi connectivity index (χ4n) is 0.998. The molecule has 13 heavy (non-hydrogen) atoms. The second-order valence-corrected chi connectivity index (χ2v) is 7.18. The molecule has 0 unspecified atom stereocenters. The third kappa shape index (κ3) is 1.85. The van der Waals surface area contributed by atoms with Crippen molar-refractivity contribution in [3.05, 3.63) is 24.3 Å². The van der Waals surface area contributed by atoms with E-state index in [1.54, 1.807) is 0 Å². The number of benzene rings is 1. The second-order valence-electron chi connectivity index (χ2n) is 2.49. The summed E-state index contributed by atoms with van der Waals surface area (Å²) in [7, 11) is -3.94. The Morgan fingerprint density at radius 1 is 1.15 bits per heavy atom. The Morgan fingerprint density at radius 3 is 2.00 bits per heavy atom. The van der Waals surface area contributed by atoms with Crippen LogP contribution in [0.15, 0.2) is 34.1 Å². The van der Waals surface area contributed by atoms with Gasteiger partial charge in [0, 0.05) is 9.79 Å². The Bertz CT molecular complexity index is 401. The zero-order chi connectivity index (χ0) is 9.47. The van der Waals surface area contributed by atoms with Crippen molar-refractivity contribution in [1.29, 1.82) is 0 Å². The Hall–Kier alpha value is -0.170. The standard InChI is InChI=1S/C7H6O3S3/c8-13(9,10)7-11-5-3-1-2-4-6(5)12-7/h1-4,7H,(H,8,9,10). The number of rotatable bonds is 1. The van der Waals surface area contributed by atoms with Crippen LogP contribution in [0.2, 0.25) is 0 Å². The molecule has 3 nitrogen and oxygen atoms in total. The van der Waals surface area contributed by atoms with E-state index in [0.29, 0.717) is 0 Å². The zero-order valence-electron chi connectivity index (χ0n) is 6.38. The summed E-state index contributed by atoms with van der Waals surface area (Å²) in [6.45, 7) is 0. The molecule has 0 amide bonds. The van der Waals surface area contributed by atoms with Crippen LogP contribution in [0.25, 0.3) is 0 Å². The molecule has 1 aliphatic heterocycles. The predicted octanol–water partition coefficient (Wildman–Crippen LogP) is 2.06. The lowest BCUT2D eigenvalue weighted by atomic mass is 10.4. The minimum Gasteiger partial charge on any atom is -0.284 e. The summed E-state index contributed by atoms with van der Waals surface area (Å²) in [6, 6.07) is 7.38. The van der Waals surface area contributed by atoms with E-state index in [1.165, 1.54) is 23.5 Å². The summed E-state index contributed by atoms with van der Waals surface area (Å²) < 4.78 is 29.7. The van der Waals surface area contributed by atoms with E-state index in [-0.39, 0.29) is 0 Å². The van der Waals surface area contributed by atoms with Crippen molar-refractivity contribution in [3.63, 3.8) is 0 Å². The molecule has 1 heterocycles. The third-order valence-electron chi connectivity index (χ3n) is 1.54. The van der Waals surface area contributed by atoms with Crippen LogP contribution in [-0.2, 0) is 10.1 Å². The van der Waals surface area contributed by atoms with Crippen molar-refractivity contribution in [2.75, 3.05) is 0 Å².